The number of ether oxygens (including phenoxy) is 1. The minimum Gasteiger partial charge on any atom is -0.496 e. The van der Waals surface area contributed by atoms with Gasteiger partial charge in [0.15, 0.2) is 5.78 Å². The fraction of sp³-hybridized carbons (Fsp3) is 0.464. The number of hydrogen-bond donors (Lipinski definition) is 1. The van der Waals surface area contributed by atoms with Crippen LogP contribution in [0.25, 0.3) is 6.08 Å². The molecule has 2 aromatic carbocycles. The monoisotopic (exact) mass is 451 g/mol. The van der Waals surface area contributed by atoms with Crippen molar-refractivity contribution in [1.82, 2.24) is 4.90 Å². The van der Waals surface area contributed by atoms with Crippen LogP contribution < -0.4 is 15.0 Å². The quantitative estimate of drug-likeness (QED) is 0.267. The first-order valence-electron chi connectivity index (χ1n) is 12.1. The Morgan fingerprint density at radius 2 is 1.70 bits per heavy atom. The SMILES string of the molecule is CCCCN(CCCC)c1ccc(OC)c(/C=C/C(=O)c2ccccc2NCCN(C)C)c1. The van der Waals surface area contributed by atoms with E-state index in [1.165, 1.54) is 18.5 Å². The molecule has 0 aromatic heterocycles. The Labute approximate surface area is 200 Å². The first-order chi connectivity index (χ1) is 16.0. The second-order valence-corrected chi connectivity index (χ2v) is 8.59. The van der Waals surface area contributed by atoms with Gasteiger partial charge in [0, 0.05) is 48.7 Å². The number of rotatable bonds is 15. The molecule has 2 aromatic rings. The zero-order valence-corrected chi connectivity index (χ0v) is 21.1. The first-order valence-corrected chi connectivity index (χ1v) is 12.1. The summed E-state index contributed by atoms with van der Waals surface area (Å²) in [5, 5.41) is 3.38. The number of ketones is 1. The highest BCUT2D eigenvalue weighted by molar-refractivity contribution is 6.10. The number of carbonyl (C=O) groups is 1. The third-order valence-electron chi connectivity index (χ3n) is 5.62. The first kappa shape index (κ1) is 26.5. The Balaban J connectivity index is 2.24. The van der Waals surface area contributed by atoms with E-state index in [1.54, 1.807) is 13.2 Å². The van der Waals surface area contributed by atoms with Crippen LogP contribution in [0.3, 0.4) is 0 Å². The van der Waals surface area contributed by atoms with Crippen molar-refractivity contribution >= 4 is 23.2 Å². The predicted octanol–water partition coefficient (Wildman–Crippen LogP) is 5.97. The van der Waals surface area contributed by atoms with Crippen molar-refractivity contribution in [2.24, 2.45) is 0 Å². The molecule has 0 radical (unpaired) electrons. The standard InChI is InChI=1S/C28H41N3O2/c1-6-8-19-31(20-9-7-2)24-15-17-28(33-5)23(22-24)14-16-27(32)25-12-10-11-13-26(25)29-18-21-30(3)4/h10-17,22,29H,6-9,18-21H2,1-5H3/b16-14+. The van der Waals surface area contributed by atoms with Crippen LogP contribution in [0.4, 0.5) is 11.4 Å². The minimum absolute atomic E-state index is 0.0239. The molecule has 5 nitrogen and oxygen atoms in total. The van der Waals surface area contributed by atoms with Gasteiger partial charge in [-0.25, -0.2) is 0 Å². The molecule has 5 heteroatoms. The Bertz CT molecular complexity index is 884. The van der Waals surface area contributed by atoms with Gasteiger partial charge in [-0.2, -0.15) is 0 Å². The third-order valence-corrected chi connectivity index (χ3v) is 5.62. The molecule has 0 aliphatic carbocycles. The van der Waals surface area contributed by atoms with Gasteiger partial charge >= 0.3 is 0 Å². The summed E-state index contributed by atoms with van der Waals surface area (Å²) >= 11 is 0. The van der Waals surface area contributed by atoms with Crippen LogP contribution in [0.2, 0.25) is 0 Å². The Hall–Kier alpha value is -2.79. The molecule has 180 valence electrons. The summed E-state index contributed by atoms with van der Waals surface area (Å²) in [6, 6.07) is 13.9. The molecule has 0 saturated carbocycles. The molecule has 0 unspecified atom stereocenters. The normalized spacial score (nSPS) is 11.2. The molecule has 2 rings (SSSR count). The highest BCUT2D eigenvalue weighted by Crippen LogP contribution is 2.27. The number of anilines is 2. The number of nitrogens with one attached hydrogen (secondary N) is 1. The fourth-order valence-corrected chi connectivity index (χ4v) is 3.64. The van der Waals surface area contributed by atoms with Crippen molar-refractivity contribution in [2.45, 2.75) is 39.5 Å². The number of unbranched alkanes of at least 4 members (excludes halogenated alkanes) is 2. The lowest BCUT2D eigenvalue weighted by atomic mass is 10.1. The lowest BCUT2D eigenvalue weighted by Crippen LogP contribution is -2.25. The number of nitrogens with zero attached hydrogens (tertiary/aromatic N) is 2. The maximum absolute atomic E-state index is 13.0. The molecule has 0 heterocycles. The topological polar surface area (TPSA) is 44.8 Å². The van der Waals surface area contributed by atoms with E-state index in [0.717, 1.165) is 56.0 Å². The van der Waals surface area contributed by atoms with Crippen molar-refractivity contribution < 1.29 is 9.53 Å². The van der Waals surface area contributed by atoms with Crippen LogP contribution in [-0.4, -0.2) is 58.1 Å². The smallest absolute Gasteiger partial charge is 0.187 e. The van der Waals surface area contributed by atoms with Crippen LogP contribution >= 0.6 is 0 Å². The van der Waals surface area contributed by atoms with Gasteiger partial charge in [-0.05, 0) is 69.4 Å². The summed E-state index contributed by atoms with van der Waals surface area (Å²) < 4.78 is 5.58. The van der Waals surface area contributed by atoms with Gasteiger partial charge in [0.25, 0.3) is 0 Å². The zero-order chi connectivity index (χ0) is 24.1. The van der Waals surface area contributed by atoms with Crippen molar-refractivity contribution in [3.63, 3.8) is 0 Å². The molecule has 0 amide bonds. The van der Waals surface area contributed by atoms with Gasteiger partial charge in [-0.15, -0.1) is 0 Å². The summed E-state index contributed by atoms with van der Waals surface area (Å²) in [7, 11) is 5.74. The third kappa shape index (κ3) is 8.58. The molecule has 0 atom stereocenters. The summed E-state index contributed by atoms with van der Waals surface area (Å²) in [6.07, 6.45) is 8.19. The average molecular weight is 452 g/mol. The molecule has 1 N–H and O–H groups in total. The molecule has 0 aliphatic heterocycles. The molecule has 33 heavy (non-hydrogen) atoms. The van der Waals surface area contributed by atoms with E-state index in [9.17, 15) is 4.79 Å². The predicted molar refractivity (Wildman–Crippen MR) is 142 cm³/mol. The Morgan fingerprint density at radius 3 is 2.33 bits per heavy atom. The summed E-state index contributed by atoms with van der Waals surface area (Å²) in [4.78, 5) is 17.6. The van der Waals surface area contributed by atoms with Crippen molar-refractivity contribution in [2.75, 3.05) is 57.6 Å². The van der Waals surface area contributed by atoms with E-state index in [2.05, 4.69) is 41.1 Å². The van der Waals surface area contributed by atoms with Crippen LogP contribution in [0.15, 0.2) is 48.5 Å². The number of likely N-dealkylation sites (N-methyl/N-ethyl adjacent to an activating group) is 1. The molecule has 0 fully saturated rings. The number of hydrogen-bond acceptors (Lipinski definition) is 5. The van der Waals surface area contributed by atoms with Crippen molar-refractivity contribution in [3.8, 4) is 5.75 Å². The number of benzene rings is 2. The summed E-state index contributed by atoms with van der Waals surface area (Å²) in [5.74, 6) is 0.746. The van der Waals surface area contributed by atoms with E-state index in [0.29, 0.717) is 5.56 Å². The van der Waals surface area contributed by atoms with E-state index >= 15 is 0 Å². The maximum atomic E-state index is 13.0. The van der Waals surface area contributed by atoms with Crippen molar-refractivity contribution in [3.05, 3.63) is 59.7 Å². The molecule has 0 aliphatic rings. The molecule has 0 spiro atoms. The van der Waals surface area contributed by atoms with Crippen LogP contribution in [0.5, 0.6) is 5.75 Å². The maximum Gasteiger partial charge on any atom is 0.187 e. The van der Waals surface area contributed by atoms with E-state index in [4.69, 9.17) is 4.74 Å². The zero-order valence-electron chi connectivity index (χ0n) is 21.1. The molecular weight excluding hydrogens is 410 g/mol. The van der Waals surface area contributed by atoms with E-state index < -0.39 is 0 Å². The van der Waals surface area contributed by atoms with E-state index in [-0.39, 0.29) is 5.78 Å². The van der Waals surface area contributed by atoms with Crippen LogP contribution in [0.1, 0.15) is 55.5 Å². The van der Waals surface area contributed by atoms with Gasteiger partial charge in [0.2, 0.25) is 0 Å². The fourth-order valence-electron chi connectivity index (χ4n) is 3.64. The van der Waals surface area contributed by atoms with Gasteiger partial charge in [-0.1, -0.05) is 38.8 Å². The number of para-hydroxylation sites is 1. The second kappa shape index (κ2) is 14.4. The largest absolute Gasteiger partial charge is 0.496 e. The summed E-state index contributed by atoms with van der Waals surface area (Å²) in [6.45, 7) is 8.20. The number of carbonyl (C=O) groups excluding carboxylic acids is 1. The van der Waals surface area contributed by atoms with Crippen LogP contribution in [0, 0.1) is 0 Å². The Kier molecular flexibility index (Phi) is 11.5. The second-order valence-electron chi connectivity index (χ2n) is 8.59. The summed E-state index contributed by atoms with van der Waals surface area (Å²) in [5.41, 5.74) is 3.63. The average Bonchev–Trinajstić information content (AvgIpc) is 2.82. The van der Waals surface area contributed by atoms with Gasteiger partial charge in [-0.3, -0.25) is 4.79 Å². The number of allylic oxidation sites excluding steroid dienone is 1. The molecule has 0 saturated heterocycles. The highest BCUT2D eigenvalue weighted by atomic mass is 16.5. The van der Waals surface area contributed by atoms with Gasteiger partial charge < -0.3 is 19.9 Å². The molecular formula is C28H41N3O2. The lowest BCUT2D eigenvalue weighted by Gasteiger charge is -2.25. The highest BCUT2D eigenvalue weighted by Gasteiger charge is 2.11. The number of methoxy groups -OCH3 is 1. The minimum atomic E-state index is -0.0239. The van der Waals surface area contributed by atoms with E-state index in [1.807, 2.05) is 50.5 Å². The lowest BCUT2D eigenvalue weighted by molar-refractivity contribution is 0.104. The van der Waals surface area contributed by atoms with Gasteiger partial charge in [0.1, 0.15) is 5.75 Å². The van der Waals surface area contributed by atoms with Crippen LogP contribution in [-0.2, 0) is 0 Å². The van der Waals surface area contributed by atoms with Gasteiger partial charge in [0.05, 0.1) is 7.11 Å². The molecule has 0 bridgehead atoms. The van der Waals surface area contributed by atoms with Crippen molar-refractivity contribution in [1.29, 1.82) is 0 Å². The Morgan fingerprint density at radius 1 is 1.00 bits per heavy atom.